The van der Waals surface area contributed by atoms with Crippen molar-refractivity contribution in [1.82, 2.24) is 9.97 Å². The Morgan fingerprint density at radius 3 is 2.20 bits per heavy atom. The fourth-order valence-electron chi connectivity index (χ4n) is 4.59. The van der Waals surface area contributed by atoms with Gasteiger partial charge in [-0.2, -0.15) is 4.98 Å². The molecule has 0 aliphatic rings. The van der Waals surface area contributed by atoms with Gasteiger partial charge in [-0.25, -0.2) is 9.37 Å². The van der Waals surface area contributed by atoms with E-state index in [-0.39, 0.29) is 31.9 Å². The molecule has 10 heteroatoms. The second kappa shape index (κ2) is 13.6. The van der Waals surface area contributed by atoms with Gasteiger partial charge in [0.2, 0.25) is 5.88 Å². The molecule has 0 aliphatic heterocycles. The van der Waals surface area contributed by atoms with Crippen LogP contribution in [0.25, 0.3) is 33.4 Å². The first-order valence-electron chi connectivity index (χ1n) is 13.8. The minimum atomic E-state index is -1.45. The molecule has 5 rings (SSSR count). The molecule has 44 heavy (non-hydrogen) atoms. The second-order valence-electron chi connectivity index (χ2n) is 9.97. The number of carboxylic acid groups (broad SMARTS) is 2. The van der Waals surface area contributed by atoms with Crippen molar-refractivity contribution < 1.29 is 38.4 Å². The third kappa shape index (κ3) is 7.27. The van der Waals surface area contributed by atoms with E-state index in [1.54, 1.807) is 37.4 Å². The quantitative estimate of drug-likeness (QED) is 0.114. The van der Waals surface area contributed by atoms with Crippen LogP contribution in [0.4, 0.5) is 4.39 Å². The van der Waals surface area contributed by atoms with Gasteiger partial charge in [0.15, 0.2) is 11.7 Å². The average molecular weight is 597 g/mol. The molecule has 0 fully saturated rings. The van der Waals surface area contributed by atoms with E-state index >= 15 is 0 Å². The minimum Gasteiger partial charge on any atom is -0.497 e. The van der Waals surface area contributed by atoms with E-state index < -0.39 is 17.9 Å². The van der Waals surface area contributed by atoms with Crippen molar-refractivity contribution in [3.8, 4) is 40.0 Å². The summed E-state index contributed by atoms with van der Waals surface area (Å²) in [6.07, 6.45) is 0.257. The predicted octanol–water partition coefficient (Wildman–Crippen LogP) is 6.63. The Labute approximate surface area is 252 Å². The van der Waals surface area contributed by atoms with Gasteiger partial charge < -0.3 is 24.4 Å². The van der Waals surface area contributed by atoms with Crippen LogP contribution in [0.2, 0.25) is 0 Å². The molecule has 2 N–H and O–H groups in total. The number of aliphatic carboxylic acids is 2. The number of fused-ring (bicyclic) bond motifs is 1. The third-order valence-corrected chi connectivity index (χ3v) is 6.99. The normalized spacial score (nSPS) is 11.0. The highest BCUT2D eigenvalue weighted by molar-refractivity contribution is 5.92. The fraction of sp³-hybridized carbons (Fsp3) is 0.176. The summed E-state index contributed by atoms with van der Waals surface area (Å²) >= 11 is 0. The molecular weight excluding hydrogens is 567 g/mol. The van der Waals surface area contributed by atoms with Crippen LogP contribution < -0.4 is 14.2 Å². The third-order valence-electron chi connectivity index (χ3n) is 6.99. The number of nitrogens with zero attached hydrogens (tertiary/aromatic N) is 2. The Bertz CT molecular complexity index is 1780. The van der Waals surface area contributed by atoms with Crippen LogP contribution in [0, 0.1) is 11.7 Å². The van der Waals surface area contributed by atoms with Gasteiger partial charge in [-0.15, -0.1) is 0 Å². The van der Waals surface area contributed by atoms with Crippen LogP contribution in [-0.2, 0) is 16.2 Å². The van der Waals surface area contributed by atoms with E-state index in [4.69, 9.17) is 29.4 Å². The molecule has 5 aromatic rings. The van der Waals surface area contributed by atoms with E-state index in [1.807, 2.05) is 54.6 Å². The zero-order valence-electron chi connectivity index (χ0n) is 23.8. The van der Waals surface area contributed by atoms with Crippen molar-refractivity contribution >= 4 is 22.7 Å². The summed E-state index contributed by atoms with van der Waals surface area (Å²) in [4.78, 5) is 31.6. The lowest BCUT2D eigenvalue weighted by molar-refractivity contribution is -0.154. The smallest absolute Gasteiger partial charge is 0.317 e. The van der Waals surface area contributed by atoms with Crippen LogP contribution in [0.15, 0.2) is 91.0 Å². The standard InChI is InChI=1S/C34H29FN2O7/c1-42-26-13-10-21(11-14-26)30-19-31(44-20-25-5-2-3-7-29(25)35)37-32(36-30)24-9-8-23-18-27(15-12-22(23)17-24)43-16-4-6-28(33(38)39)34(40)41/h2-3,5,7-15,17-19,28H,4,6,16,20H2,1H3,(H,38,39)(H,40,41). The Morgan fingerprint density at radius 1 is 0.795 bits per heavy atom. The van der Waals surface area contributed by atoms with E-state index in [0.29, 0.717) is 34.5 Å². The molecular formula is C34H29FN2O7. The maximum absolute atomic E-state index is 14.2. The van der Waals surface area contributed by atoms with Crippen molar-refractivity contribution in [2.24, 2.45) is 5.92 Å². The molecule has 0 saturated heterocycles. The lowest BCUT2D eigenvalue weighted by atomic mass is 10.0. The molecule has 0 radical (unpaired) electrons. The highest BCUT2D eigenvalue weighted by atomic mass is 19.1. The Kier molecular flexibility index (Phi) is 9.29. The largest absolute Gasteiger partial charge is 0.497 e. The molecule has 9 nitrogen and oxygen atoms in total. The van der Waals surface area contributed by atoms with Gasteiger partial charge in [0.05, 0.1) is 19.4 Å². The van der Waals surface area contributed by atoms with Crippen LogP contribution in [0.3, 0.4) is 0 Å². The highest BCUT2D eigenvalue weighted by Gasteiger charge is 2.25. The van der Waals surface area contributed by atoms with Crippen molar-refractivity contribution in [3.05, 3.63) is 102 Å². The highest BCUT2D eigenvalue weighted by Crippen LogP contribution is 2.30. The average Bonchev–Trinajstić information content (AvgIpc) is 3.03. The Balaban J connectivity index is 1.38. The molecule has 0 saturated carbocycles. The van der Waals surface area contributed by atoms with Crippen molar-refractivity contribution in [3.63, 3.8) is 0 Å². The molecule has 1 heterocycles. The number of halogens is 1. The van der Waals surface area contributed by atoms with Gasteiger partial charge in [-0.3, -0.25) is 9.59 Å². The van der Waals surface area contributed by atoms with Crippen LogP contribution >= 0.6 is 0 Å². The van der Waals surface area contributed by atoms with Gasteiger partial charge in [-0.05, 0) is 72.1 Å². The zero-order chi connectivity index (χ0) is 31.1. The maximum Gasteiger partial charge on any atom is 0.317 e. The molecule has 0 atom stereocenters. The van der Waals surface area contributed by atoms with E-state index in [0.717, 1.165) is 21.9 Å². The topological polar surface area (TPSA) is 128 Å². The van der Waals surface area contributed by atoms with Gasteiger partial charge in [0, 0.05) is 22.8 Å². The minimum absolute atomic E-state index is 0.00104. The maximum atomic E-state index is 14.2. The second-order valence-corrected chi connectivity index (χ2v) is 9.97. The summed E-state index contributed by atoms with van der Waals surface area (Å²) in [5.74, 6) is -2.53. The monoisotopic (exact) mass is 596 g/mol. The van der Waals surface area contributed by atoms with Crippen LogP contribution in [0.5, 0.6) is 17.4 Å². The number of carbonyl (C=O) groups is 2. The number of benzene rings is 4. The molecule has 224 valence electrons. The van der Waals surface area contributed by atoms with Gasteiger partial charge in [-0.1, -0.05) is 36.4 Å². The van der Waals surface area contributed by atoms with E-state index in [2.05, 4.69) is 4.98 Å². The molecule has 0 bridgehead atoms. The van der Waals surface area contributed by atoms with Crippen molar-refractivity contribution in [2.75, 3.05) is 13.7 Å². The Morgan fingerprint density at radius 2 is 1.48 bits per heavy atom. The van der Waals surface area contributed by atoms with Crippen molar-refractivity contribution in [1.29, 1.82) is 0 Å². The molecule has 0 spiro atoms. The zero-order valence-corrected chi connectivity index (χ0v) is 23.8. The summed E-state index contributed by atoms with van der Waals surface area (Å²) in [7, 11) is 1.60. The predicted molar refractivity (Wildman–Crippen MR) is 161 cm³/mol. The summed E-state index contributed by atoms with van der Waals surface area (Å²) in [5, 5.41) is 19.8. The summed E-state index contributed by atoms with van der Waals surface area (Å²) < 4.78 is 31.2. The number of hydrogen-bond donors (Lipinski definition) is 2. The van der Waals surface area contributed by atoms with E-state index in [9.17, 15) is 14.0 Å². The number of carboxylic acids is 2. The lowest BCUT2D eigenvalue weighted by Gasteiger charge is -2.12. The molecule has 1 aromatic heterocycles. The van der Waals surface area contributed by atoms with Gasteiger partial charge >= 0.3 is 11.9 Å². The number of hydrogen-bond acceptors (Lipinski definition) is 7. The first-order chi connectivity index (χ1) is 21.3. The van der Waals surface area contributed by atoms with Crippen LogP contribution in [-0.4, -0.2) is 45.8 Å². The summed E-state index contributed by atoms with van der Waals surface area (Å²) in [5.41, 5.74) is 2.60. The lowest BCUT2D eigenvalue weighted by Crippen LogP contribution is -2.23. The fourth-order valence-corrected chi connectivity index (χ4v) is 4.59. The summed E-state index contributed by atoms with van der Waals surface area (Å²) in [6, 6.07) is 26.8. The number of aromatic nitrogens is 2. The first kappa shape index (κ1) is 30.0. The molecule has 0 aliphatic carbocycles. The number of methoxy groups -OCH3 is 1. The van der Waals surface area contributed by atoms with Crippen molar-refractivity contribution in [2.45, 2.75) is 19.4 Å². The molecule has 0 amide bonds. The number of rotatable bonds is 13. The Hall–Kier alpha value is -5.51. The van der Waals surface area contributed by atoms with Gasteiger partial charge in [0.1, 0.15) is 23.9 Å². The number of ether oxygens (including phenoxy) is 3. The molecule has 4 aromatic carbocycles. The first-order valence-corrected chi connectivity index (χ1v) is 13.8. The van der Waals surface area contributed by atoms with E-state index in [1.165, 1.54) is 6.07 Å². The van der Waals surface area contributed by atoms with Gasteiger partial charge in [0.25, 0.3) is 0 Å². The summed E-state index contributed by atoms with van der Waals surface area (Å²) in [6.45, 7) is 0.182. The SMILES string of the molecule is COc1ccc(-c2cc(OCc3ccccc3F)nc(-c3ccc4cc(OCCCC(C(=O)O)C(=O)O)ccc4c3)n2)cc1. The van der Waals surface area contributed by atoms with Crippen LogP contribution in [0.1, 0.15) is 18.4 Å². The molecule has 0 unspecified atom stereocenters.